The fourth-order valence-corrected chi connectivity index (χ4v) is 8.03. The monoisotopic (exact) mass is 736 g/mol. The van der Waals surface area contributed by atoms with E-state index in [9.17, 15) is 4.79 Å². The first-order valence-electron chi connectivity index (χ1n) is 14.1. The van der Waals surface area contributed by atoms with E-state index in [0.717, 1.165) is 46.4 Å². The van der Waals surface area contributed by atoms with E-state index >= 15 is 0 Å². The standard InChI is InChI=1S/C35H24BrCl3N2O3S/c1-43-29-15-19(14-27(36)33(29)44-18-22-8-12-24(38)17-28(22)39)16-30-34(42)41-32(21-6-10-23(37)11-7-21)26-13-9-20-4-2-3-5-25(20)31(26)40-35(41)45-30/h2-8,10-12,14-17,32H,9,13,18H2,1H3/b30-16+/t32-/m0/s1. The van der Waals surface area contributed by atoms with Crippen molar-refractivity contribution >= 4 is 73.8 Å². The van der Waals surface area contributed by atoms with Gasteiger partial charge in [-0.05, 0) is 93.5 Å². The maximum absolute atomic E-state index is 14.2. The molecule has 0 amide bonds. The first-order chi connectivity index (χ1) is 21.8. The minimum absolute atomic E-state index is 0.100. The van der Waals surface area contributed by atoms with E-state index in [-0.39, 0.29) is 18.2 Å². The SMILES string of the molecule is COc1cc(/C=c2/sc3n(c2=O)[C@@H](c2ccc(Cl)cc2)C2=C(N=3)c3ccccc3CC2)cc(Br)c1OCc1ccc(Cl)cc1Cl. The molecule has 0 fully saturated rings. The molecule has 7 rings (SSSR count). The Labute approximate surface area is 286 Å². The number of aromatic nitrogens is 1. The summed E-state index contributed by atoms with van der Waals surface area (Å²) in [4.78, 5) is 19.9. The smallest absolute Gasteiger partial charge is 0.271 e. The third-order valence-corrected chi connectivity index (χ3v) is 10.4. The van der Waals surface area contributed by atoms with E-state index in [1.54, 1.807) is 19.2 Å². The molecule has 0 unspecified atom stereocenters. The lowest BCUT2D eigenvalue weighted by Crippen LogP contribution is -2.38. The van der Waals surface area contributed by atoms with Crippen molar-refractivity contribution in [2.75, 3.05) is 7.11 Å². The summed E-state index contributed by atoms with van der Waals surface area (Å²) in [7, 11) is 1.58. The molecule has 0 N–H and O–H groups in total. The summed E-state index contributed by atoms with van der Waals surface area (Å²) < 4.78 is 14.9. The largest absolute Gasteiger partial charge is 0.493 e. The maximum Gasteiger partial charge on any atom is 0.271 e. The first kappa shape index (κ1) is 30.3. The summed E-state index contributed by atoms with van der Waals surface area (Å²) in [6.45, 7) is 0.224. The fourth-order valence-electron chi connectivity index (χ4n) is 5.87. The second-order valence-corrected chi connectivity index (χ2v) is 13.9. The van der Waals surface area contributed by atoms with Crippen LogP contribution in [0.25, 0.3) is 11.8 Å². The molecule has 0 bridgehead atoms. The Bertz CT molecular complexity index is 2190. The Morgan fingerprint density at radius 1 is 1.00 bits per heavy atom. The van der Waals surface area contributed by atoms with Gasteiger partial charge < -0.3 is 9.47 Å². The van der Waals surface area contributed by atoms with Crippen LogP contribution >= 0.6 is 62.1 Å². The van der Waals surface area contributed by atoms with Crippen LogP contribution in [0.4, 0.5) is 0 Å². The predicted octanol–water partition coefficient (Wildman–Crippen LogP) is 8.63. The van der Waals surface area contributed by atoms with E-state index in [0.29, 0.717) is 40.4 Å². The number of aryl methyl sites for hydroxylation is 1. The lowest BCUT2D eigenvalue weighted by molar-refractivity contribution is 0.282. The summed E-state index contributed by atoms with van der Waals surface area (Å²) >= 11 is 23.7. The van der Waals surface area contributed by atoms with Crippen molar-refractivity contribution in [2.45, 2.75) is 25.5 Å². The zero-order valence-corrected chi connectivity index (χ0v) is 28.5. The van der Waals surface area contributed by atoms with Gasteiger partial charge in [-0.25, -0.2) is 4.99 Å². The summed E-state index contributed by atoms with van der Waals surface area (Å²) in [6.07, 6.45) is 3.58. The summed E-state index contributed by atoms with van der Waals surface area (Å²) in [6, 6.07) is 24.9. The highest BCUT2D eigenvalue weighted by Crippen LogP contribution is 2.42. The molecule has 0 spiro atoms. The summed E-state index contributed by atoms with van der Waals surface area (Å²) in [5.41, 5.74) is 6.96. The molecule has 1 atom stereocenters. The van der Waals surface area contributed by atoms with E-state index < -0.39 is 0 Å². The third kappa shape index (κ3) is 5.77. The zero-order valence-electron chi connectivity index (χ0n) is 23.8. The van der Waals surface area contributed by atoms with Crippen molar-refractivity contribution in [1.29, 1.82) is 0 Å². The van der Waals surface area contributed by atoms with Crippen LogP contribution in [-0.4, -0.2) is 11.7 Å². The summed E-state index contributed by atoms with van der Waals surface area (Å²) in [5.74, 6) is 1.04. The van der Waals surface area contributed by atoms with Gasteiger partial charge in [-0.15, -0.1) is 0 Å². The van der Waals surface area contributed by atoms with E-state index in [4.69, 9.17) is 49.3 Å². The summed E-state index contributed by atoms with van der Waals surface area (Å²) in [5, 5.41) is 1.73. The molecule has 2 heterocycles. The molecule has 5 aromatic rings. The Hall–Kier alpha value is -3.33. The Kier molecular flexibility index (Phi) is 8.40. The van der Waals surface area contributed by atoms with Crippen LogP contribution in [0.15, 0.2) is 98.7 Å². The Morgan fingerprint density at radius 3 is 2.56 bits per heavy atom. The van der Waals surface area contributed by atoms with E-state index in [1.807, 2.05) is 59.2 Å². The number of halogens is 4. The van der Waals surface area contributed by atoms with Crippen LogP contribution < -0.4 is 24.4 Å². The van der Waals surface area contributed by atoms with Gasteiger partial charge in [0.25, 0.3) is 5.56 Å². The molecule has 0 radical (unpaired) electrons. The third-order valence-electron chi connectivity index (χ3n) is 8.00. The predicted molar refractivity (Wildman–Crippen MR) is 186 cm³/mol. The second kappa shape index (κ2) is 12.5. The zero-order chi connectivity index (χ0) is 31.2. The molecule has 4 aromatic carbocycles. The molecule has 0 saturated carbocycles. The van der Waals surface area contributed by atoms with Gasteiger partial charge in [0.05, 0.1) is 27.9 Å². The Morgan fingerprint density at radius 2 is 1.78 bits per heavy atom. The topological polar surface area (TPSA) is 52.8 Å². The van der Waals surface area contributed by atoms with Crippen LogP contribution in [0.3, 0.4) is 0 Å². The van der Waals surface area contributed by atoms with Crippen molar-refractivity contribution in [1.82, 2.24) is 4.57 Å². The number of rotatable bonds is 6. The molecule has 5 nitrogen and oxygen atoms in total. The first-order valence-corrected chi connectivity index (χ1v) is 16.9. The molecular formula is C35H24BrCl3N2O3S. The van der Waals surface area contributed by atoms with Crippen molar-refractivity contribution in [3.8, 4) is 11.5 Å². The highest BCUT2D eigenvalue weighted by molar-refractivity contribution is 9.10. The number of fused-ring (bicyclic) bond motifs is 3. The van der Waals surface area contributed by atoms with E-state index in [2.05, 4.69) is 34.1 Å². The minimum Gasteiger partial charge on any atom is -0.493 e. The van der Waals surface area contributed by atoms with Crippen molar-refractivity contribution in [3.05, 3.63) is 151 Å². The lowest BCUT2D eigenvalue weighted by atomic mass is 9.83. The molecule has 226 valence electrons. The van der Waals surface area contributed by atoms with Gasteiger partial charge in [-0.2, -0.15) is 0 Å². The Balaban J connectivity index is 1.31. The lowest BCUT2D eigenvalue weighted by Gasteiger charge is -2.30. The van der Waals surface area contributed by atoms with Crippen molar-refractivity contribution in [2.24, 2.45) is 4.99 Å². The number of hydrogen-bond acceptors (Lipinski definition) is 5. The molecule has 1 aliphatic heterocycles. The minimum atomic E-state index is -0.277. The maximum atomic E-state index is 14.2. The van der Waals surface area contributed by atoms with Gasteiger partial charge in [-0.1, -0.05) is 88.6 Å². The van der Waals surface area contributed by atoms with Crippen molar-refractivity contribution < 1.29 is 9.47 Å². The van der Waals surface area contributed by atoms with Gasteiger partial charge in [0, 0.05) is 26.2 Å². The van der Waals surface area contributed by atoms with Crippen LogP contribution in [0, 0.1) is 0 Å². The number of allylic oxidation sites excluding steroid dienone is 1. The molecule has 1 aromatic heterocycles. The quantitative estimate of drug-likeness (QED) is 0.175. The highest BCUT2D eigenvalue weighted by atomic mass is 79.9. The van der Waals surface area contributed by atoms with Crippen LogP contribution in [0.2, 0.25) is 15.1 Å². The van der Waals surface area contributed by atoms with Crippen LogP contribution in [0.1, 0.15) is 40.3 Å². The molecule has 2 aliphatic rings. The normalized spacial score (nSPS) is 15.7. The number of hydrogen-bond donors (Lipinski definition) is 0. The van der Waals surface area contributed by atoms with E-state index in [1.165, 1.54) is 16.9 Å². The molecule has 1 aliphatic carbocycles. The molecular weight excluding hydrogens is 715 g/mol. The highest BCUT2D eigenvalue weighted by Gasteiger charge is 2.32. The molecule has 45 heavy (non-hydrogen) atoms. The van der Waals surface area contributed by atoms with Gasteiger partial charge in [0.1, 0.15) is 6.61 Å². The van der Waals surface area contributed by atoms with Crippen LogP contribution in [-0.2, 0) is 13.0 Å². The van der Waals surface area contributed by atoms with Crippen LogP contribution in [0.5, 0.6) is 11.5 Å². The number of nitrogens with zero attached hydrogens (tertiary/aromatic N) is 2. The number of ether oxygens (including phenoxy) is 2. The second-order valence-electron chi connectivity index (χ2n) is 10.7. The number of methoxy groups -OCH3 is 1. The number of thiazole rings is 1. The van der Waals surface area contributed by atoms with Crippen molar-refractivity contribution in [3.63, 3.8) is 0 Å². The average molecular weight is 739 g/mol. The number of benzene rings is 4. The molecule has 10 heteroatoms. The molecule has 0 saturated heterocycles. The average Bonchev–Trinajstić information content (AvgIpc) is 3.34. The fraction of sp³-hybridized carbons (Fsp3) is 0.143. The van der Waals surface area contributed by atoms with Gasteiger partial charge >= 0.3 is 0 Å². The van der Waals surface area contributed by atoms with Gasteiger partial charge in [-0.3, -0.25) is 9.36 Å². The van der Waals surface area contributed by atoms with Gasteiger partial charge in [0.2, 0.25) is 0 Å². The van der Waals surface area contributed by atoms with Gasteiger partial charge in [0.15, 0.2) is 16.3 Å².